The summed E-state index contributed by atoms with van der Waals surface area (Å²) in [6.45, 7) is 1.27. The molecule has 21 heavy (non-hydrogen) atoms. The number of carbonyl (C=O) groups is 2. The van der Waals surface area contributed by atoms with Gasteiger partial charge in [0.1, 0.15) is 11.5 Å². The number of benzene rings is 1. The second-order valence-electron chi connectivity index (χ2n) is 4.50. The molecule has 1 rings (SSSR count). The first-order valence-electron chi connectivity index (χ1n) is 6.12. The topological polar surface area (TPSA) is 110 Å². The molecule has 1 aromatic carbocycles. The lowest BCUT2D eigenvalue weighted by Gasteiger charge is -2.11. The Balaban J connectivity index is 2.70. The third-order valence-electron chi connectivity index (χ3n) is 2.76. The monoisotopic (exact) mass is 315 g/mol. The number of nitrogens with one attached hydrogen (secondary N) is 1. The molecule has 0 spiro atoms. The molecular formula is C13H17NO6S. The molecule has 2 N–H and O–H groups in total. The number of carbonyl (C=O) groups excluding carboxylic acids is 1. The average Bonchev–Trinajstić information content (AvgIpc) is 2.37. The fourth-order valence-corrected chi connectivity index (χ4v) is 2.71. The summed E-state index contributed by atoms with van der Waals surface area (Å²) >= 11 is 0. The van der Waals surface area contributed by atoms with E-state index in [4.69, 9.17) is 9.84 Å². The number of hydrogen-bond acceptors (Lipinski definition) is 5. The highest BCUT2D eigenvalue weighted by Gasteiger charge is 2.26. The molecule has 0 aliphatic carbocycles. The number of anilines is 1. The summed E-state index contributed by atoms with van der Waals surface area (Å²) in [5.74, 6) is -2.19. The van der Waals surface area contributed by atoms with Gasteiger partial charge in [0.15, 0.2) is 9.84 Å². The summed E-state index contributed by atoms with van der Waals surface area (Å²) in [4.78, 5) is 22.3. The maximum Gasteiger partial charge on any atom is 0.304 e. The Kier molecular flexibility index (Phi) is 5.71. The minimum atomic E-state index is -3.81. The predicted molar refractivity (Wildman–Crippen MR) is 77.1 cm³/mol. The van der Waals surface area contributed by atoms with E-state index in [-0.39, 0.29) is 0 Å². The van der Waals surface area contributed by atoms with Gasteiger partial charge in [0, 0.05) is 11.8 Å². The summed E-state index contributed by atoms with van der Waals surface area (Å²) in [5, 5.41) is 9.91. The van der Waals surface area contributed by atoms with Crippen molar-refractivity contribution in [3.05, 3.63) is 24.3 Å². The Labute approximate surface area is 122 Å². The third kappa shape index (κ3) is 5.42. The number of ether oxygens (including phenoxy) is 1. The molecule has 8 heteroatoms. The third-order valence-corrected chi connectivity index (χ3v) is 4.82. The van der Waals surface area contributed by atoms with Crippen LogP contribution >= 0.6 is 0 Å². The highest BCUT2D eigenvalue weighted by atomic mass is 32.2. The van der Waals surface area contributed by atoms with Crippen molar-refractivity contribution in [2.45, 2.75) is 18.6 Å². The van der Waals surface area contributed by atoms with Crippen LogP contribution in [0.4, 0.5) is 5.69 Å². The van der Waals surface area contributed by atoms with E-state index < -0.39 is 39.1 Å². The van der Waals surface area contributed by atoms with Crippen LogP contribution in [0.5, 0.6) is 5.75 Å². The van der Waals surface area contributed by atoms with Gasteiger partial charge in [-0.15, -0.1) is 0 Å². The predicted octanol–water partition coefficient (Wildman–Crippen LogP) is 0.912. The molecule has 0 aliphatic rings. The molecular weight excluding hydrogens is 298 g/mol. The number of carboxylic acids is 1. The van der Waals surface area contributed by atoms with E-state index in [1.54, 1.807) is 24.3 Å². The number of carboxylic acid groups (broad SMARTS) is 1. The van der Waals surface area contributed by atoms with Crippen molar-refractivity contribution >= 4 is 27.4 Å². The van der Waals surface area contributed by atoms with E-state index in [9.17, 15) is 18.0 Å². The van der Waals surface area contributed by atoms with Crippen molar-refractivity contribution in [3.8, 4) is 5.75 Å². The number of sulfone groups is 1. The first kappa shape index (κ1) is 17.0. The van der Waals surface area contributed by atoms with Crippen LogP contribution in [0.25, 0.3) is 0 Å². The van der Waals surface area contributed by atoms with Gasteiger partial charge in [-0.1, -0.05) is 6.07 Å². The molecule has 0 saturated heterocycles. The van der Waals surface area contributed by atoms with Crippen molar-refractivity contribution in [1.29, 1.82) is 0 Å². The molecule has 0 fully saturated rings. The summed E-state index contributed by atoms with van der Waals surface area (Å²) in [6.07, 6.45) is -0.533. The zero-order chi connectivity index (χ0) is 16.0. The molecule has 1 atom stereocenters. The number of rotatable bonds is 7. The molecule has 1 unspecified atom stereocenters. The first-order valence-corrected chi connectivity index (χ1v) is 7.83. The second kappa shape index (κ2) is 7.07. The van der Waals surface area contributed by atoms with E-state index in [1.165, 1.54) is 14.0 Å². The van der Waals surface area contributed by atoms with Gasteiger partial charge < -0.3 is 15.2 Å². The number of hydrogen-bond donors (Lipinski definition) is 2. The van der Waals surface area contributed by atoms with Gasteiger partial charge in [-0.05, 0) is 19.1 Å². The van der Waals surface area contributed by atoms with Gasteiger partial charge in [-0.25, -0.2) is 8.42 Å². The van der Waals surface area contributed by atoms with Crippen LogP contribution in [0.15, 0.2) is 24.3 Å². The quantitative estimate of drug-likeness (QED) is 0.774. The minimum Gasteiger partial charge on any atom is -0.497 e. The highest BCUT2D eigenvalue weighted by molar-refractivity contribution is 7.92. The van der Waals surface area contributed by atoms with Gasteiger partial charge in [0.25, 0.3) is 0 Å². The van der Waals surface area contributed by atoms with Gasteiger partial charge in [-0.3, -0.25) is 9.59 Å². The van der Waals surface area contributed by atoms with Crippen LogP contribution in [-0.2, 0) is 19.4 Å². The van der Waals surface area contributed by atoms with E-state index in [2.05, 4.69) is 5.32 Å². The first-order chi connectivity index (χ1) is 9.74. The maximum absolute atomic E-state index is 11.8. The van der Waals surface area contributed by atoms with E-state index in [0.717, 1.165) is 0 Å². The average molecular weight is 315 g/mol. The Morgan fingerprint density at radius 1 is 1.38 bits per heavy atom. The molecule has 0 bridgehead atoms. The van der Waals surface area contributed by atoms with Crippen LogP contribution in [0.2, 0.25) is 0 Å². The van der Waals surface area contributed by atoms with Crippen molar-refractivity contribution < 1.29 is 27.9 Å². The summed E-state index contributed by atoms with van der Waals surface area (Å²) < 4.78 is 28.7. The van der Waals surface area contributed by atoms with Gasteiger partial charge in [0.2, 0.25) is 5.91 Å². The Hall–Kier alpha value is -2.09. The van der Waals surface area contributed by atoms with E-state index in [1.807, 2.05) is 0 Å². The molecule has 1 aromatic rings. The fourth-order valence-electron chi connectivity index (χ4n) is 1.60. The largest absolute Gasteiger partial charge is 0.497 e. The van der Waals surface area contributed by atoms with Crippen molar-refractivity contribution in [2.75, 3.05) is 18.2 Å². The minimum absolute atomic E-state index is 0.403. The standard InChI is InChI=1S/C13H17NO6S/c1-9(6-13(16)17)21(18,19)8-12(15)14-10-4-3-5-11(7-10)20-2/h3-5,7,9H,6,8H2,1-2H3,(H,14,15)(H,16,17). The smallest absolute Gasteiger partial charge is 0.304 e. The lowest BCUT2D eigenvalue weighted by atomic mass is 10.3. The van der Waals surface area contributed by atoms with Crippen LogP contribution in [-0.4, -0.2) is 43.5 Å². The maximum atomic E-state index is 11.8. The van der Waals surface area contributed by atoms with Crippen LogP contribution in [0, 0.1) is 0 Å². The lowest BCUT2D eigenvalue weighted by molar-refractivity contribution is -0.137. The van der Waals surface area contributed by atoms with Gasteiger partial charge >= 0.3 is 5.97 Å². The van der Waals surface area contributed by atoms with Gasteiger partial charge in [0.05, 0.1) is 18.8 Å². The summed E-state index contributed by atoms with van der Waals surface area (Å²) in [6, 6.07) is 6.47. The normalized spacial score (nSPS) is 12.5. The van der Waals surface area contributed by atoms with Crippen molar-refractivity contribution in [3.63, 3.8) is 0 Å². The van der Waals surface area contributed by atoms with E-state index >= 15 is 0 Å². The van der Waals surface area contributed by atoms with Crippen LogP contribution in [0.3, 0.4) is 0 Å². The van der Waals surface area contributed by atoms with Crippen LogP contribution in [0.1, 0.15) is 13.3 Å². The van der Waals surface area contributed by atoms with E-state index in [0.29, 0.717) is 11.4 Å². The zero-order valence-electron chi connectivity index (χ0n) is 11.7. The highest BCUT2D eigenvalue weighted by Crippen LogP contribution is 2.17. The molecule has 0 aromatic heterocycles. The Bertz CT molecular complexity index is 625. The molecule has 0 heterocycles. The van der Waals surface area contributed by atoms with Crippen LogP contribution < -0.4 is 10.1 Å². The molecule has 116 valence electrons. The molecule has 1 amide bonds. The van der Waals surface area contributed by atoms with Crippen molar-refractivity contribution in [1.82, 2.24) is 0 Å². The second-order valence-corrected chi connectivity index (χ2v) is 6.91. The zero-order valence-corrected chi connectivity index (χ0v) is 12.5. The van der Waals surface area contributed by atoms with Gasteiger partial charge in [-0.2, -0.15) is 0 Å². The Morgan fingerprint density at radius 2 is 2.05 bits per heavy atom. The number of aliphatic carboxylic acids is 1. The summed E-state index contributed by atoms with van der Waals surface area (Å²) in [5.41, 5.74) is 0.403. The SMILES string of the molecule is COc1cccc(NC(=O)CS(=O)(=O)C(C)CC(=O)O)c1. The number of methoxy groups -OCH3 is 1. The van der Waals surface area contributed by atoms with Crippen molar-refractivity contribution in [2.24, 2.45) is 0 Å². The molecule has 7 nitrogen and oxygen atoms in total. The molecule has 0 aliphatic heterocycles. The molecule has 0 saturated carbocycles. The summed E-state index contributed by atoms with van der Waals surface area (Å²) in [7, 11) is -2.34. The molecule has 0 radical (unpaired) electrons. The lowest BCUT2D eigenvalue weighted by Crippen LogP contribution is -2.30. The number of amides is 1. The fraction of sp³-hybridized carbons (Fsp3) is 0.385. The Morgan fingerprint density at radius 3 is 2.62 bits per heavy atom.